The normalized spacial score (nSPS) is 13.7. The zero-order valence-corrected chi connectivity index (χ0v) is 14.1. The molecule has 0 aliphatic heterocycles. The minimum atomic E-state index is -0.160. The molecule has 2 heterocycles. The van der Waals surface area contributed by atoms with E-state index in [1.165, 1.54) is 12.4 Å². The molecule has 2 aromatic heterocycles. The summed E-state index contributed by atoms with van der Waals surface area (Å²) in [5.41, 5.74) is 1.83. The van der Waals surface area contributed by atoms with E-state index in [0.717, 1.165) is 11.3 Å². The lowest BCUT2D eigenvalue weighted by Gasteiger charge is -2.20. The van der Waals surface area contributed by atoms with Gasteiger partial charge in [-0.25, -0.2) is 14.3 Å². The van der Waals surface area contributed by atoms with E-state index < -0.39 is 0 Å². The Kier molecular flexibility index (Phi) is 5.03. The number of nitrogens with zero attached hydrogens (tertiary/aromatic N) is 5. The van der Waals surface area contributed by atoms with Crippen molar-refractivity contribution >= 4 is 12.0 Å². The maximum atomic E-state index is 12.1. The predicted octanol–water partition coefficient (Wildman–Crippen LogP) is 2.24. The van der Waals surface area contributed by atoms with Gasteiger partial charge in [0.1, 0.15) is 12.7 Å². The number of hydrogen-bond acceptors (Lipinski definition) is 4. The molecule has 0 fully saturated rings. The number of benzene rings is 1. The third-order valence-electron chi connectivity index (χ3n) is 4.00. The van der Waals surface area contributed by atoms with Crippen molar-refractivity contribution in [2.75, 3.05) is 0 Å². The third-order valence-corrected chi connectivity index (χ3v) is 4.00. The van der Waals surface area contributed by atoms with E-state index in [0.29, 0.717) is 0 Å². The van der Waals surface area contributed by atoms with Gasteiger partial charge in [0.2, 0.25) is 5.91 Å². The largest absolute Gasteiger partial charge is 0.348 e. The van der Waals surface area contributed by atoms with Crippen LogP contribution in [0.4, 0.5) is 0 Å². The summed E-state index contributed by atoms with van der Waals surface area (Å²) < 4.78 is 3.49. The van der Waals surface area contributed by atoms with Crippen LogP contribution in [0.15, 0.2) is 61.5 Å². The second-order valence-electron chi connectivity index (χ2n) is 5.80. The number of nitrogens with one attached hydrogen (secondary N) is 1. The molecule has 25 heavy (non-hydrogen) atoms. The van der Waals surface area contributed by atoms with Crippen molar-refractivity contribution < 1.29 is 4.79 Å². The third kappa shape index (κ3) is 4.20. The van der Waals surface area contributed by atoms with Crippen molar-refractivity contribution in [1.82, 2.24) is 29.9 Å². The summed E-state index contributed by atoms with van der Waals surface area (Å²) in [4.78, 5) is 16.0. The summed E-state index contributed by atoms with van der Waals surface area (Å²) in [6.45, 7) is 3.92. The molecule has 2 atom stereocenters. The summed E-state index contributed by atoms with van der Waals surface area (Å²) in [7, 11) is 0. The van der Waals surface area contributed by atoms with E-state index >= 15 is 0 Å². The first-order chi connectivity index (χ1) is 12.1. The van der Waals surface area contributed by atoms with Gasteiger partial charge in [0, 0.05) is 23.9 Å². The van der Waals surface area contributed by atoms with Gasteiger partial charge in [-0.1, -0.05) is 18.2 Å². The molecule has 3 aromatic rings. The Morgan fingerprint density at radius 3 is 2.72 bits per heavy atom. The highest BCUT2D eigenvalue weighted by molar-refractivity contribution is 5.91. The Hall–Kier alpha value is -3.22. The first-order valence-corrected chi connectivity index (χ1v) is 8.06. The predicted molar refractivity (Wildman–Crippen MR) is 94.9 cm³/mol. The molecule has 0 radical (unpaired) electrons. The maximum absolute atomic E-state index is 12.1. The SMILES string of the molecule is C[C@H](NC(=O)/C=C\c1cnn(-c2ccccc2)c1)[C@@H](C)n1cncn1. The molecule has 3 rings (SSSR count). The highest BCUT2D eigenvalue weighted by Crippen LogP contribution is 2.10. The van der Waals surface area contributed by atoms with Crippen molar-refractivity contribution in [2.45, 2.75) is 25.9 Å². The fourth-order valence-electron chi connectivity index (χ4n) is 2.37. The van der Waals surface area contributed by atoms with Gasteiger partial charge in [-0.2, -0.15) is 10.2 Å². The molecule has 7 heteroatoms. The molecule has 1 amide bonds. The number of amides is 1. The van der Waals surface area contributed by atoms with E-state index in [-0.39, 0.29) is 18.0 Å². The Labute approximate surface area is 146 Å². The van der Waals surface area contributed by atoms with Gasteiger partial charge in [-0.15, -0.1) is 0 Å². The van der Waals surface area contributed by atoms with Gasteiger partial charge >= 0.3 is 0 Å². The number of carbonyl (C=O) groups is 1. The number of carbonyl (C=O) groups excluding carboxylic acids is 1. The molecule has 1 aromatic carbocycles. The molecular weight excluding hydrogens is 316 g/mol. The number of para-hydroxylation sites is 1. The highest BCUT2D eigenvalue weighted by atomic mass is 16.1. The van der Waals surface area contributed by atoms with Gasteiger partial charge in [0.25, 0.3) is 0 Å². The van der Waals surface area contributed by atoms with Crippen LogP contribution in [0.25, 0.3) is 11.8 Å². The van der Waals surface area contributed by atoms with Gasteiger partial charge < -0.3 is 5.32 Å². The maximum Gasteiger partial charge on any atom is 0.244 e. The van der Waals surface area contributed by atoms with Crippen molar-refractivity contribution in [3.8, 4) is 5.69 Å². The lowest BCUT2D eigenvalue weighted by molar-refractivity contribution is -0.117. The van der Waals surface area contributed by atoms with Crippen LogP contribution < -0.4 is 5.32 Å². The molecule has 0 bridgehead atoms. The van der Waals surface area contributed by atoms with Gasteiger partial charge in [0.15, 0.2) is 0 Å². The number of hydrogen-bond donors (Lipinski definition) is 1. The fourth-order valence-corrected chi connectivity index (χ4v) is 2.37. The molecule has 1 N–H and O–H groups in total. The summed E-state index contributed by atoms with van der Waals surface area (Å²) in [5.74, 6) is -0.160. The average molecular weight is 336 g/mol. The average Bonchev–Trinajstić information content (AvgIpc) is 3.32. The van der Waals surface area contributed by atoms with E-state index in [4.69, 9.17) is 0 Å². The van der Waals surface area contributed by atoms with Crippen LogP contribution in [-0.2, 0) is 4.79 Å². The molecule has 0 saturated heterocycles. The Balaban J connectivity index is 1.58. The fraction of sp³-hybridized carbons (Fsp3) is 0.222. The molecule has 0 saturated carbocycles. The zero-order valence-electron chi connectivity index (χ0n) is 14.1. The molecule has 7 nitrogen and oxygen atoms in total. The van der Waals surface area contributed by atoms with Crippen LogP contribution in [0.5, 0.6) is 0 Å². The molecule has 0 aliphatic rings. The van der Waals surface area contributed by atoms with Crippen LogP contribution >= 0.6 is 0 Å². The van der Waals surface area contributed by atoms with Crippen molar-refractivity contribution in [2.24, 2.45) is 0 Å². The highest BCUT2D eigenvalue weighted by Gasteiger charge is 2.15. The molecule has 0 unspecified atom stereocenters. The van der Waals surface area contributed by atoms with Crippen LogP contribution in [-0.4, -0.2) is 36.5 Å². The van der Waals surface area contributed by atoms with Crippen molar-refractivity contribution in [3.05, 3.63) is 67.0 Å². The standard InChI is InChI=1S/C18H20N6O/c1-14(15(2)24-13-19-12-21-24)22-18(25)9-8-16-10-20-23(11-16)17-6-4-3-5-7-17/h3-15H,1-2H3,(H,22,25)/b9-8-/t14-,15+/m0/s1. The lowest BCUT2D eigenvalue weighted by atomic mass is 10.1. The van der Waals surface area contributed by atoms with Gasteiger partial charge in [0.05, 0.1) is 17.9 Å². The number of aromatic nitrogens is 5. The Morgan fingerprint density at radius 2 is 2.00 bits per heavy atom. The second-order valence-corrected chi connectivity index (χ2v) is 5.80. The first kappa shape index (κ1) is 16.6. The van der Waals surface area contributed by atoms with Crippen LogP contribution in [0.3, 0.4) is 0 Å². The minimum absolute atomic E-state index is 0.0145. The molecule has 0 spiro atoms. The Morgan fingerprint density at radius 1 is 1.20 bits per heavy atom. The van der Waals surface area contributed by atoms with Gasteiger partial charge in [-0.05, 0) is 32.1 Å². The first-order valence-electron chi connectivity index (χ1n) is 8.06. The van der Waals surface area contributed by atoms with Crippen LogP contribution in [0, 0.1) is 0 Å². The topological polar surface area (TPSA) is 77.6 Å². The monoisotopic (exact) mass is 336 g/mol. The summed E-state index contributed by atoms with van der Waals surface area (Å²) in [6.07, 6.45) is 9.97. The van der Waals surface area contributed by atoms with E-state index in [1.54, 1.807) is 28.0 Å². The van der Waals surface area contributed by atoms with Crippen LogP contribution in [0.1, 0.15) is 25.5 Å². The quantitative estimate of drug-likeness (QED) is 0.700. The van der Waals surface area contributed by atoms with Crippen molar-refractivity contribution in [1.29, 1.82) is 0 Å². The summed E-state index contributed by atoms with van der Waals surface area (Å²) in [5, 5.41) is 11.3. The molecular formula is C18H20N6O. The number of rotatable bonds is 6. The van der Waals surface area contributed by atoms with E-state index in [9.17, 15) is 4.79 Å². The summed E-state index contributed by atoms with van der Waals surface area (Å²) in [6, 6.07) is 9.75. The van der Waals surface area contributed by atoms with Gasteiger partial charge in [-0.3, -0.25) is 4.79 Å². The smallest absolute Gasteiger partial charge is 0.244 e. The Bertz CT molecular complexity index is 838. The minimum Gasteiger partial charge on any atom is -0.348 e. The molecule has 0 aliphatic carbocycles. The van der Waals surface area contributed by atoms with E-state index in [1.807, 2.05) is 50.4 Å². The second kappa shape index (κ2) is 7.57. The van der Waals surface area contributed by atoms with Crippen molar-refractivity contribution in [3.63, 3.8) is 0 Å². The molecule has 128 valence electrons. The van der Waals surface area contributed by atoms with E-state index in [2.05, 4.69) is 20.5 Å². The zero-order chi connectivity index (χ0) is 17.6. The summed E-state index contributed by atoms with van der Waals surface area (Å²) >= 11 is 0. The lowest BCUT2D eigenvalue weighted by Crippen LogP contribution is -2.37. The van der Waals surface area contributed by atoms with Crippen LogP contribution in [0.2, 0.25) is 0 Å².